The van der Waals surface area contributed by atoms with Crippen LogP contribution in [0.2, 0.25) is 0 Å². The summed E-state index contributed by atoms with van der Waals surface area (Å²) < 4.78 is 0.943. The fraction of sp³-hybridized carbons (Fsp3) is 0.667. The zero-order chi connectivity index (χ0) is 11.4. The average Bonchev–Trinajstić information content (AvgIpc) is 2.30. The zero-order valence-electron chi connectivity index (χ0n) is 9.62. The molecule has 0 aliphatic heterocycles. The number of hydrogen-bond donors (Lipinski definition) is 1. The smallest absolute Gasteiger partial charge is 0.143 e. The highest BCUT2D eigenvalue weighted by Crippen LogP contribution is 2.30. The third kappa shape index (κ3) is 2.94. The molecule has 0 spiro atoms. The number of nitrogens with zero attached hydrogens (tertiary/aromatic N) is 2. The molecule has 0 aromatic carbocycles. The minimum absolute atomic E-state index is 0.788. The lowest BCUT2D eigenvalue weighted by Crippen LogP contribution is -2.24. The molecule has 1 fully saturated rings. The summed E-state index contributed by atoms with van der Waals surface area (Å²) in [4.78, 5) is 8.18. The molecule has 1 aliphatic carbocycles. The van der Waals surface area contributed by atoms with Gasteiger partial charge in [0.05, 0.1) is 4.47 Å². The van der Waals surface area contributed by atoms with Crippen molar-refractivity contribution >= 4 is 21.7 Å². The standard InChI is InChI=1S/C12H18BrN3/c1-9-4-2-3-5-10(9)6-15-12-11(13)7-14-8-16-12/h7-10H,2-6H2,1H3,(H,14,15,16). The van der Waals surface area contributed by atoms with Gasteiger partial charge in [0.15, 0.2) is 0 Å². The summed E-state index contributed by atoms with van der Waals surface area (Å²) in [5.74, 6) is 2.53. The summed E-state index contributed by atoms with van der Waals surface area (Å²) in [7, 11) is 0. The van der Waals surface area contributed by atoms with Crippen LogP contribution < -0.4 is 5.32 Å². The van der Waals surface area contributed by atoms with Crippen LogP contribution in [0.15, 0.2) is 17.0 Å². The second-order valence-corrected chi connectivity index (χ2v) is 5.48. The Morgan fingerprint density at radius 2 is 2.25 bits per heavy atom. The van der Waals surface area contributed by atoms with Crippen molar-refractivity contribution in [3.63, 3.8) is 0 Å². The Bertz CT molecular complexity index is 343. The first-order valence-electron chi connectivity index (χ1n) is 5.96. The van der Waals surface area contributed by atoms with E-state index in [-0.39, 0.29) is 0 Å². The molecule has 16 heavy (non-hydrogen) atoms. The number of hydrogen-bond acceptors (Lipinski definition) is 3. The first-order valence-corrected chi connectivity index (χ1v) is 6.76. The molecule has 1 aromatic rings. The van der Waals surface area contributed by atoms with E-state index in [1.54, 1.807) is 12.5 Å². The van der Waals surface area contributed by atoms with Gasteiger partial charge in [0.2, 0.25) is 0 Å². The van der Waals surface area contributed by atoms with Crippen molar-refractivity contribution in [1.29, 1.82) is 0 Å². The number of halogens is 1. The van der Waals surface area contributed by atoms with Crippen LogP contribution in [-0.2, 0) is 0 Å². The van der Waals surface area contributed by atoms with Crippen molar-refractivity contribution in [1.82, 2.24) is 9.97 Å². The normalized spacial score (nSPS) is 25.4. The van der Waals surface area contributed by atoms with Crippen LogP contribution in [0.25, 0.3) is 0 Å². The zero-order valence-corrected chi connectivity index (χ0v) is 11.2. The van der Waals surface area contributed by atoms with Crippen LogP contribution in [-0.4, -0.2) is 16.5 Å². The van der Waals surface area contributed by atoms with E-state index in [1.807, 2.05) is 0 Å². The molecule has 1 saturated carbocycles. The van der Waals surface area contributed by atoms with Gasteiger partial charge in [-0.3, -0.25) is 0 Å². The van der Waals surface area contributed by atoms with Gasteiger partial charge in [0.1, 0.15) is 12.1 Å². The predicted molar refractivity (Wildman–Crippen MR) is 69.3 cm³/mol. The monoisotopic (exact) mass is 283 g/mol. The molecule has 1 N–H and O–H groups in total. The minimum atomic E-state index is 0.788. The van der Waals surface area contributed by atoms with E-state index >= 15 is 0 Å². The second-order valence-electron chi connectivity index (χ2n) is 4.62. The molecule has 4 heteroatoms. The topological polar surface area (TPSA) is 37.8 Å². The van der Waals surface area contributed by atoms with Crippen molar-refractivity contribution < 1.29 is 0 Å². The molecule has 0 saturated heterocycles. The van der Waals surface area contributed by atoms with Crippen molar-refractivity contribution in [2.45, 2.75) is 32.6 Å². The highest BCUT2D eigenvalue weighted by molar-refractivity contribution is 9.10. The Balaban J connectivity index is 1.89. The molecular formula is C12H18BrN3. The second kappa shape index (κ2) is 5.62. The van der Waals surface area contributed by atoms with E-state index in [9.17, 15) is 0 Å². The maximum absolute atomic E-state index is 4.22. The molecule has 2 rings (SSSR count). The maximum Gasteiger partial charge on any atom is 0.143 e. The molecule has 2 unspecified atom stereocenters. The maximum atomic E-state index is 4.22. The van der Waals surface area contributed by atoms with Gasteiger partial charge in [-0.05, 0) is 34.2 Å². The lowest BCUT2D eigenvalue weighted by atomic mass is 9.80. The largest absolute Gasteiger partial charge is 0.369 e. The number of nitrogens with one attached hydrogen (secondary N) is 1. The Labute approximate surface area is 105 Å². The predicted octanol–water partition coefficient (Wildman–Crippen LogP) is 3.48. The lowest BCUT2D eigenvalue weighted by molar-refractivity contribution is 0.268. The first kappa shape index (κ1) is 11.8. The van der Waals surface area contributed by atoms with Crippen LogP contribution in [0.4, 0.5) is 5.82 Å². The summed E-state index contributed by atoms with van der Waals surface area (Å²) in [6.07, 6.45) is 8.85. The quantitative estimate of drug-likeness (QED) is 0.923. The first-order chi connectivity index (χ1) is 7.77. The molecule has 88 valence electrons. The van der Waals surface area contributed by atoms with Crippen molar-refractivity contribution in [3.05, 3.63) is 17.0 Å². The van der Waals surface area contributed by atoms with Gasteiger partial charge in [-0.25, -0.2) is 9.97 Å². The van der Waals surface area contributed by atoms with Gasteiger partial charge in [-0.2, -0.15) is 0 Å². The molecule has 0 amide bonds. The summed E-state index contributed by atoms with van der Waals surface area (Å²) in [5, 5.41) is 3.42. The van der Waals surface area contributed by atoms with E-state index in [1.165, 1.54) is 25.7 Å². The molecule has 1 aromatic heterocycles. The van der Waals surface area contributed by atoms with Crippen LogP contribution in [0.5, 0.6) is 0 Å². The summed E-state index contributed by atoms with van der Waals surface area (Å²) in [6, 6.07) is 0. The van der Waals surface area contributed by atoms with Crippen LogP contribution in [0, 0.1) is 11.8 Å². The molecule has 1 aliphatic rings. The lowest BCUT2D eigenvalue weighted by Gasteiger charge is -2.29. The van der Waals surface area contributed by atoms with Crippen molar-refractivity contribution in [2.75, 3.05) is 11.9 Å². The van der Waals surface area contributed by atoms with Crippen molar-refractivity contribution in [2.24, 2.45) is 11.8 Å². The highest BCUT2D eigenvalue weighted by atomic mass is 79.9. The molecule has 0 radical (unpaired) electrons. The van der Waals surface area contributed by atoms with E-state index < -0.39 is 0 Å². The molecule has 0 bridgehead atoms. The Morgan fingerprint density at radius 1 is 1.44 bits per heavy atom. The van der Waals surface area contributed by atoms with E-state index in [0.717, 1.165) is 28.7 Å². The Hall–Kier alpha value is -0.640. The van der Waals surface area contributed by atoms with Crippen LogP contribution in [0.3, 0.4) is 0 Å². The summed E-state index contributed by atoms with van der Waals surface area (Å²) in [5.41, 5.74) is 0. The van der Waals surface area contributed by atoms with E-state index in [4.69, 9.17) is 0 Å². The average molecular weight is 284 g/mol. The molecular weight excluding hydrogens is 266 g/mol. The van der Waals surface area contributed by atoms with Gasteiger partial charge in [-0.1, -0.05) is 26.2 Å². The fourth-order valence-corrected chi connectivity index (χ4v) is 2.73. The fourth-order valence-electron chi connectivity index (χ4n) is 2.37. The minimum Gasteiger partial charge on any atom is -0.369 e. The van der Waals surface area contributed by atoms with Gasteiger partial charge in [0, 0.05) is 12.7 Å². The highest BCUT2D eigenvalue weighted by Gasteiger charge is 2.21. The number of aromatic nitrogens is 2. The molecule has 1 heterocycles. The summed E-state index contributed by atoms with van der Waals surface area (Å²) in [6.45, 7) is 3.39. The van der Waals surface area contributed by atoms with Crippen molar-refractivity contribution in [3.8, 4) is 0 Å². The number of anilines is 1. The van der Waals surface area contributed by atoms with Gasteiger partial charge >= 0.3 is 0 Å². The van der Waals surface area contributed by atoms with E-state index in [0.29, 0.717) is 0 Å². The Morgan fingerprint density at radius 3 is 3.00 bits per heavy atom. The Kier molecular flexibility index (Phi) is 4.16. The third-order valence-electron chi connectivity index (χ3n) is 3.49. The molecule has 3 nitrogen and oxygen atoms in total. The van der Waals surface area contributed by atoms with Gasteiger partial charge in [-0.15, -0.1) is 0 Å². The van der Waals surface area contributed by atoms with E-state index in [2.05, 4.69) is 38.1 Å². The SMILES string of the molecule is CC1CCCCC1CNc1ncncc1Br. The van der Waals surface area contributed by atoms with Gasteiger partial charge < -0.3 is 5.32 Å². The third-order valence-corrected chi connectivity index (χ3v) is 4.07. The van der Waals surface area contributed by atoms with Gasteiger partial charge in [0.25, 0.3) is 0 Å². The van der Waals surface area contributed by atoms with Crippen LogP contribution in [0.1, 0.15) is 32.6 Å². The number of rotatable bonds is 3. The molecule has 2 atom stereocenters. The summed E-state index contributed by atoms with van der Waals surface area (Å²) >= 11 is 3.45. The van der Waals surface area contributed by atoms with Crippen LogP contribution >= 0.6 is 15.9 Å².